The molecule has 10 nitrogen and oxygen atoms in total. The minimum absolute atomic E-state index is 0.0534. The quantitative estimate of drug-likeness (QED) is 0.0224. The number of ether oxygens (including phenoxy) is 1. The van der Waals surface area contributed by atoms with Gasteiger partial charge < -0.3 is 19.0 Å². The highest BCUT2D eigenvalue weighted by molar-refractivity contribution is 7.40. The molecule has 1 atom stereocenters. The van der Waals surface area contributed by atoms with E-state index in [4.69, 9.17) is 16.2 Å². The average molecular weight is 1090 g/mol. The normalized spacial score (nSPS) is 13.5. The smallest absolute Gasteiger partial charge is 0.333 e. The van der Waals surface area contributed by atoms with Crippen LogP contribution in [0.3, 0.4) is 0 Å². The van der Waals surface area contributed by atoms with E-state index in [0.29, 0.717) is 42.0 Å². The fraction of sp³-hybridized carbons (Fsp3) is 0.0741. The molecule has 1 unspecified atom stereocenters. The molecule has 0 saturated carbocycles. The second kappa shape index (κ2) is 18.4. The largest absolute Gasteiger partial charge is 0.486 e. The Kier molecular flexibility index (Phi) is 11.8. The number of benzene rings is 2. The Balaban J connectivity index is 1.04. The van der Waals surface area contributed by atoms with Crippen LogP contribution in [0.25, 0.3) is 119 Å². The maximum Gasteiger partial charge on any atom is 0.333 e. The molecule has 73 heavy (non-hydrogen) atoms. The zero-order valence-electron chi connectivity index (χ0n) is 37.7. The Bertz CT molecular complexity index is 4260. The summed E-state index contributed by atoms with van der Waals surface area (Å²) in [6.07, 6.45) is 3.57. The number of carbonyl (C=O) groups excluding carboxylic acids is 1. The van der Waals surface area contributed by atoms with Gasteiger partial charge in [0.15, 0.2) is 0 Å². The van der Waals surface area contributed by atoms with Crippen LogP contribution in [0.4, 0.5) is 8.78 Å². The zero-order chi connectivity index (χ0) is 50.4. The summed E-state index contributed by atoms with van der Waals surface area (Å²) in [6, 6.07) is 30.5. The molecule has 1 aliphatic carbocycles. The average Bonchev–Trinajstić information content (AvgIpc) is 4.24. The third-order valence-corrected chi connectivity index (χ3v) is 21.1. The van der Waals surface area contributed by atoms with E-state index < -0.39 is 29.4 Å². The van der Waals surface area contributed by atoms with Gasteiger partial charge >= 0.3 is 5.97 Å². The van der Waals surface area contributed by atoms with Crippen LogP contribution in [0.2, 0.25) is 0 Å². The van der Waals surface area contributed by atoms with Crippen molar-refractivity contribution in [1.29, 1.82) is 5.26 Å². The van der Waals surface area contributed by atoms with Crippen molar-refractivity contribution in [1.82, 2.24) is 9.13 Å². The molecule has 12 rings (SSSR count). The minimum atomic E-state index is -1.42. The number of rotatable bonds is 13. The Morgan fingerprint density at radius 3 is 2.03 bits per heavy atom. The van der Waals surface area contributed by atoms with Crippen LogP contribution in [0.5, 0.6) is 0 Å². The van der Waals surface area contributed by atoms with Crippen molar-refractivity contribution < 1.29 is 38.4 Å². The van der Waals surface area contributed by atoms with Crippen LogP contribution in [-0.2, 0) is 32.8 Å². The lowest BCUT2D eigenvalue weighted by Crippen LogP contribution is -2.15. The van der Waals surface area contributed by atoms with E-state index in [9.17, 15) is 25.2 Å². The van der Waals surface area contributed by atoms with Gasteiger partial charge in [-0.25, -0.2) is 18.5 Å². The number of nitrogens with zero attached hydrogens (tertiary/aromatic N) is 4. The number of carboxylic acid groups (broad SMARTS) is 1. The van der Waals surface area contributed by atoms with E-state index >= 15 is 8.78 Å². The third-order valence-electron chi connectivity index (χ3n) is 12.6. The number of aryl methyl sites for hydroxylation is 1. The first-order valence-corrected chi connectivity index (χ1v) is 27.8. The van der Waals surface area contributed by atoms with Gasteiger partial charge in [-0.2, -0.15) is 5.26 Å². The van der Waals surface area contributed by atoms with Gasteiger partial charge in [0, 0.05) is 108 Å². The van der Waals surface area contributed by atoms with E-state index in [1.165, 1.54) is 74.2 Å². The second-order valence-corrected chi connectivity index (χ2v) is 24.2. The molecule has 9 aromatic heterocycles. The van der Waals surface area contributed by atoms with Crippen LogP contribution in [0, 0.1) is 29.5 Å². The molecule has 2 bridgehead atoms. The highest BCUT2D eigenvalue weighted by Gasteiger charge is 2.42. The van der Waals surface area contributed by atoms with Gasteiger partial charge in [0.25, 0.3) is 12.2 Å². The summed E-state index contributed by atoms with van der Waals surface area (Å²) in [5, 5.41) is 32.1. The maximum absolute atomic E-state index is 17.7. The van der Waals surface area contributed by atoms with E-state index in [2.05, 4.69) is 40.7 Å². The van der Waals surface area contributed by atoms with E-state index in [1.54, 1.807) is 28.7 Å². The van der Waals surface area contributed by atoms with Gasteiger partial charge in [-0.05, 0) is 79.7 Å². The Hall–Kier alpha value is -7.14. The zero-order valence-corrected chi connectivity index (χ0v) is 43.4. The Morgan fingerprint density at radius 1 is 0.767 bits per heavy atom. The number of aromatic nitrogens is 2. The van der Waals surface area contributed by atoms with Crippen LogP contribution < -0.4 is 0 Å². The fourth-order valence-electron chi connectivity index (χ4n) is 9.56. The molecular formula is C54H30F2N4O6S7. The lowest BCUT2D eigenvalue weighted by molar-refractivity contribution is -0.271. The lowest BCUT2D eigenvalue weighted by atomic mass is 9.82. The topological polar surface area (TPSA) is 131 Å². The van der Waals surface area contributed by atoms with Gasteiger partial charge in [0.1, 0.15) is 23.8 Å². The van der Waals surface area contributed by atoms with Gasteiger partial charge in [-0.1, -0.05) is 24.3 Å². The summed E-state index contributed by atoms with van der Waals surface area (Å²) >= 11 is 10.3. The first-order valence-electron chi connectivity index (χ1n) is 22.1. The fourth-order valence-corrected chi connectivity index (χ4v) is 18.0. The van der Waals surface area contributed by atoms with E-state index in [0.717, 1.165) is 71.8 Å². The Morgan fingerprint density at radius 2 is 1.38 bits per heavy atom. The molecule has 1 aliphatic rings. The number of hydrogen-bond donors (Lipinski definition) is 2. The highest BCUT2D eigenvalue weighted by Crippen LogP contribution is 2.59. The number of thiophene rings is 7. The van der Waals surface area contributed by atoms with Crippen molar-refractivity contribution in [3.05, 3.63) is 153 Å². The van der Waals surface area contributed by atoms with Gasteiger partial charge in [0.05, 0.1) is 47.7 Å². The molecule has 19 heteroatoms. The molecule has 9 heterocycles. The summed E-state index contributed by atoms with van der Waals surface area (Å²) in [5.74, 6) is -2.84. The van der Waals surface area contributed by atoms with Gasteiger partial charge in [0.2, 0.25) is 5.76 Å². The molecule has 0 aliphatic heterocycles. The van der Waals surface area contributed by atoms with Crippen molar-refractivity contribution in [3.8, 4) is 78.9 Å². The summed E-state index contributed by atoms with van der Waals surface area (Å²) in [4.78, 5) is 38.7. The highest BCUT2D eigenvalue weighted by atomic mass is 32.1. The SMILES string of the molecule is [C-]#[N+]/C(=C\c1ccc(-c2ccc(-c3c4c(c(-c5ccc(-c6ccc(/C=C(\C#N)OC=O)s6)s5)n3C)-c3c(F)c(cc(F)c3-c3cc5sc6cc(-c7c8ccccc8cn7CC)sc6c5s3)C4OO)s2)s1)C(=O)O. The molecule has 11 aromatic rings. The molecule has 0 saturated heterocycles. The molecule has 0 radical (unpaired) electrons. The van der Waals surface area contributed by atoms with Gasteiger partial charge in [-0.3, -0.25) is 14.8 Å². The molecule has 0 spiro atoms. The predicted molar refractivity (Wildman–Crippen MR) is 293 cm³/mol. The molecule has 0 fully saturated rings. The molecule has 358 valence electrons. The van der Waals surface area contributed by atoms with Crippen molar-refractivity contribution in [2.45, 2.75) is 19.6 Å². The second-order valence-electron chi connectivity index (χ2n) is 16.6. The number of fused-ring (bicyclic) bond motifs is 8. The van der Waals surface area contributed by atoms with E-state index in [-0.39, 0.29) is 28.9 Å². The number of halogens is 2. The summed E-state index contributed by atoms with van der Waals surface area (Å²) in [6.45, 7) is 10.4. The number of allylic oxidation sites excluding steroid dienone is 1. The number of hydrogen-bond acceptors (Lipinski definition) is 13. The first-order chi connectivity index (χ1) is 35.5. The van der Waals surface area contributed by atoms with Gasteiger partial charge in [-0.15, -0.1) is 79.4 Å². The predicted octanol–water partition coefficient (Wildman–Crippen LogP) is 17.0. The van der Waals surface area contributed by atoms with Crippen LogP contribution in [0.1, 0.15) is 33.9 Å². The summed E-state index contributed by atoms with van der Waals surface area (Å²) in [5.41, 5.74) is 2.75. The molecule has 2 aromatic carbocycles. The lowest BCUT2D eigenvalue weighted by Gasteiger charge is -2.26. The van der Waals surface area contributed by atoms with Crippen LogP contribution in [0.15, 0.2) is 109 Å². The van der Waals surface area contributed by atoms with Crippen LogP contribution >= 0.6 is 79.4 Å². The summed E-state index contributed by atoms with van der Waals surface area (Å²) in [7, 11) is 1.85. The summed E-state index contributed by atoms with van der Waals surface area (Å²) < 4.78 is 48.1. The van der Waals surface area contributed by atoms with Crippen molar-refractivity contribution in [3.63, 3.8) is 0 Å². The monoisotopic (exact) mass is 1090 g/mol. The molecule has 2 N–H and O–H groups in total. The standard InChI is InChI=1S/C54H30F2N4O6S7/c1-4-60-23-25-7-5-6-8-29(25)48(60)40-21-42-53(73-40)52-41(71-42)20-39(72-52)43-31(55)19-30-47(56)44(43)45-46(51(30)66-64)50(38-16-14-36(70-38)34-12-10-28(68-34)18-32(58-2)54(62)63)59(3)49(45)37-15-13-35(69-37)33-11-9-27(67-33)17-26(22-57)65-24-61/h5-21,23-24,51,64H,4H2,1,3H3,(H,62,63)/b26-17+,32-18-. The number of aliphatic carboxylic acids is 1. The third kappa shape index (κ3) is 7.66. The molecule has 0 amide bonds. The van der Waals surface area contributed by atoms with Crippen LogP contribution in [-0.4, -0.2) is 31.9 Å². The maximum atomic E-state index is 17.7. The van der Waals surface area contributed by atoms with Crippen molar-refractivity contribution >= 4 is 134 Å². The Labute approximate surface area is 441 Å². The molecular weight excluding hydrogens is 1060 g/mol. The number of carbonyl (C=O) groups is 2. The van der Waals surface area contributed by atoms with E-state index in [1.807, 2.05) is 78.3 Å². The van der Waals surface area contributed by atoms with Crippen molar-refractivity contribution in [2.24, 2.45) is 7.05 Å². The first kappa shape index (κ1) is 46.9. The number of nitriles is 1. The minimum Gasteiger partial charge on any atom is -0.486 e. The number of carboxylic acids is 1. The van der Waals surface area contributed by atoms with Crippen molar-refractivity contribution in [2.75, 3.05) is 0 Å².